The Kier molecular flexibility index (Phi) is 7.50. The molecule has 5 heteroatoms. The topological polar surface area (TPSA) is 27.7 Å². The van der Waals surface area contributed by atoms with E-state index in [0.29, 0.717) is 0 Å². The summed E-state index contributed by atoms with van der Waals surface area (Å²) >= 11 is 0. The SMILES string of the molecule is C[C@H]([C@H]1O[C@@H]2OC(C)(C)O[C@@H]2[C@H]1P(c1ccccc1)c1ccccc1)P(c1ccccc1)c1ccccc1. The molecule has 0 N–H and O–H groups in total. The normalized spacial score (nSPS) is 25.0. The van der Waals surface area contributed by atoms with E-state index in [1.807, 2.05) is 13.8 Å². The summed E-state index contributed by atoms with van der Waals surface area (Å²) in [5, 5.41) is 5.42. The Balaban J connectivity index is 1.47. The lowest BCUT2D eigenvalue weighted by molar-refractivity contribution is -0.203. The minimum Gasteiger partial charge on any atom is -0.345 e. The maximum absolute atomic E-state index is 6.93. The second kappa shape index (κ2) is 11.0. The Morgan fingerprint density at radius 1 is 0.605 bits per heavy atom. The third-order valence-corrected chi connectivity index (χ3v) is 13.1. The van der Waals surface area contributed by atoms with Crippen LogP contribution in [0.25, 0.3) is 0 Å². The van der Waals surface area contributed by atoms with Gasteiger partial charge in [0.2, 0.25) is 0 Å². The molecule has 2 saturated heterocycles. The van der Waals surface area contributed by atoms with Gasteiger partial charge in [0.05, 0.1) is 6.10 Å². The van der Waals surface area contributed by atoms with Gasteiger partial charge in [-0.05, 0) is 50.9 Å². The lowest BCUT2D eigenvalue weighted by Crippen LogP contribution is -2.43. The Morgan fingerprint density at radius 3 is 1.47 bits per heavy atom. The van der Waals surface area contributed by atoms with E-state index in [4.69, 9.17) is 14.2 Å². The molecule has 2 aliphatic heterocycles. The minimum atomic E-state index is -0.779. The summed E-state index contributed by atoms with van der Waals surface area (Å²) in [5.74, 6) is -0.667. The maximum Gasteiger partial charge on any atom is 0.188 e. The van der Waals surface area contributed by atoms with E-state index in [2.05, 4.69) is 128 Å². The largest absolute Gasteiger partial charge is 0.345 e. The van der Waals surface area contributed by atoms with Crippen LogP contribution in [0.5, 0.6) is 0 Å². The van der Waals surface area contributed by atoms with Gasteiger partial charge in [0.1, 0.15) is 6.10 Å². The van der Waals surface area contributed by atoms with Gasteiger partial charge < -0.3 is 14.2 Å². The summed E-state index contributed by atoms with van der Waals surface area (Å²) < 4.78 is 20.0. The van der Waals surface area contributed by atoms with Gasteiger partial charge >= 0.3 is 0 Å². The van der Waals surface area contributed by atoms with Crippen molar-refractivity contribution in [3.63, 3.8) is 0 Å². The molecule has 0 bridgehead atoms. The monoisotopic (exact) mass is 540 g/mol. The average molecular weight is 541 g/mol. The number of hydrogen-bond donors (Lipinski definition) is 0. The molecule has 0 amide bonds. The summed E-state index contributed by atoms with van der Waals surface area (Å²) in [7, 11) is -1.46. The molecule has 0 spiro atoms. The van der Waals surface area contributed by atoms with Gasteiger partial charge in [-0.3, -0.25) is 0 Å². The van der Waals surface area contributed by atoms with Crippen molar-refractivity contribution in [2.24, 2.45) is 0 Å². The Labute approximate surface area is 228 Å². The lowest BCUT2D eigenvalue weighted by atomic mass is 10.1. The molecule has 2 fully saturated rings. The van der Waals surface area contributed by atoms with E-state index >= 15 is 0 Å². The van der Waals surface area contributed by atoms with E-state index < -0.39 is 21.6 Å². The fourth-order valence-corrected chi connectivity index (χ4v) is 11.8. The van der Waals surface area contributed by atoms with Crippen molar-refractivity contribution in [1.29, 1.82) is 0 Å². The van der Waals surface area contributed by atoms with Gasteiger partial charge in [0.15, 0.2) is 12.1 Å². The zero-order chi connectivity index (χ0) is 26.1. The van der Waals surface area contributed by atoms with Crippen molar-refractivity contribution in [2.45, 2.75) is 56.4 Å². The first-order valence-corrected chi connectivity index (χ1v) is 16.1. The molecule has 38 heavy (non-hydrogen) atoms. The highest BCUT2D eigenvalue weighted by Gasteiger charge is 2.59. The van der Waals surface area contributed by atoms with Gasteiger partial charge in [-0.2, -0.15) is 0 Å². The summed E-state index contributed by atoms with van der Waals surface area (Å²) in [6, 6.07) is 43.7. The third-order valence-electron chi connectivity index (χ3n) is 7.37. The van der Waals surface area contributed by atoms with Crippen molar-refractivity contribution in [1.82, 2.24) is 0 Å². The van der Waals surface area contributed by atoms with Crippen molar-refractivity contribution in [3.8, 4) is 0 Å². The number of rotatable bonds is 7. The summed E-state index contributed by atoms with van der Waals surface area (Å²) in [4.78, 5) is 0. The predicted molar refractivity (Wildman–Crippen MR) is 160 cm³/mol. The molecule has 2 heterocycles. The standard InChI is InChI=1S/C33H34O3P2/c1-24(37(25-16-8-4-9-17-25)26-18-10-5-11-19-26)29-31(30-32(34-29)36-33(2,3)35-30)38(27-20-12-6-13-21-27)28-22-14-7-15-23-28/h4-24,29-32H,1-3H3/t24-,29-,30-,31+,32-/m1/s1. The van der Waals surface area contributed by atoms with Crippen LogP contribution in [0.4, 0.5) is 0 Å². The maximum atomic E-state index is 6.93. The molecule has 194 valence electrons. The Morgan fingerprint density at radius 2 is 1.03 bits per heavy atom. The first-order valence-electron chi connectivity index (χ1n) is 13.3. The number of hydrogen-bond acceptors (Lipinski definition) is 3. The summed E-state index contributed by atoms with van der Waals surface area (Å²) in [6.45, 7) is 6.37. The molecule has 0 aliphatic carbocycles. The van der Waals surface area contributed by atoms with E-state index in [0.717, 1.165) is 0 Å². The molecule has 4 aromatic carbocycles. The summed E-state index contributed by atoms with van der Waals surface area (Å²) in [5.41, 5.74) is 0.395. The molecule has 0 aromatic heterocycles. The van der Waals surface area contributed by atoms with Crippen LogP contribution in [0.3, 0.4) is 0 Å². The van der Waals surface area contributed by atoms with Crippen LogP contribution in [0.15, 0.2) is 121 Å². The van der Waals surface area contributed by atoms with Crippen molar-refractivity contribution >= 4 is 37.1 Å². The Bertz CT molecular complexity index is 1240. The lowest BCUT2D eigenvalue weighted by Gasteiger charge is -2.38. The smallest absolute Gasteiger partial charge is 0.188 e. The number of benzene rings is 4. The first-order chi connectivity index (χ1) is 18.5. The minimum absolute atomic E-state index is 0.0286. The van der Waals surface area contributed by atoms with Crippen LogP contribution in [-0.2, 0) is 14.2 Å². The zero-order valence-corrected chi connectivity index (χ0v) is 23.8. The van der Waals surface area contributed by atoms with Crippen LogP contribution in [0.1, 0.15) is 20.8 Å². The van der Waals surface area contributed by atoms with Crippen molar-refractivity contribution < 1.29 is 14.2 Å². The molecule has 6 rings (SSSR count). The third kappa shape index (κ3) is 5.12. The van der Waals surface area contributed by atoms with Crippen LogP contribution >= 0.6 is 15.8 Å². The van der Waals surface area contributed by atoms with Crippen LogP contribution in [0, 0.1) is 0 Å². The van der Waals surface area contributed by atoms with Gasteiger partial charge in [0, 0.05) is 11.3 Å². The van der Waals surface area contributed by atoms with Crippen LogP contribution < -0.4 is 21.2 Å². The van der Waals surface area contributed by atoms with Gasteiger partial charge in [0.25, 0.3) is 0 Å². The van der Waals surface area contributed by atoms with Gasteiger partial charge in [-0.1, -0.05) is 128 Å². The van der Waals surface area contributed by atoms with Crippen molar-refractivity contribution in [2.75, 3.05) is 0 Å². The van der Waals surface area contributed by atoms with Crippen LogP contribution in [-0.4, -0.2) is 35.6 Å². The Hall–Kier alpha value is -2.38. The number of fused-ring (bicyclic) bond motifs is 1. The molecule has 0 radical (unpaired) electrons. The van der Waals surface area contributed by atoms with Gasteiger partial charge in [-0.25, -0.2) is 0 Å². The second-order valence-corrected chi connectivity index (χ2v) is 15.3. The zero-order valence-electron chi connectivity index (χ0n) is 22.1. The quantitative estimate of drug-likeness (QED) is 0.274. The molecule has 3 nitrogen and oxygen atoms in total. The fourth-order valence-electron chi connectivity index (χ4n) is 5.82. The molecule has 5 atom stereocenters. The number of ether oxygens (including phenoxy) is 3. The second-order valence-electron chi connectivity index (χ2n) is 10.4. The molecule has 4 aromatic rings. The van der Waals surface area contributed by atoms with E-state index in [1.54, 1.807) is 0 Å². The van der Waals surface area contributed by atoms with E-state index in [9.17, 15) is 0 Å². The highest BCUT2D eigenvalue weighted by atomic mass is 31.1. The van der Waals surface area contributed by atoms with E-state index in [1.165, 1.54) is 21.2 Å². The highest BCUT2D eigenvalue weighted by Crippen LogP contribution is 2.56. The molecule has 0 unspecified atom stereocenters. The van der Waals surface area contributed by atoms with Crippen molar-refractivity contribution in [3.05, 3.63) is 121 Å². The molecule has 2 aliphatic rings. The van der Waals surface area contributed by atoms with E-state index in [-0.39, 0.29) is 29.8 Å². The predicted octanol–water partition coefficient (Wildman–Crippen LogP) is 5.89. The highest BCUT2D eigenvalue weighted by molar-refractivity contribution is 7.74. The van der Waals surface area contributed by atoms with Gasteiger partial charge in [-0.15, -0.1) is 0 Å². The fraction of sp³-hybridized carbons (Fsp3) is 0.273. The first kappa shape index (κ1) is 25.9. The summed E-state index contributed by atoms with van der Waals surface area (Å²) in [6.07, 6.45) is -0.533. The molecular formula is C33H34O3P2. The average Bonchev–Trinajstić information content (AvgIpc) is 3.43. The molecular weight excluding hydrogens is 506 g/mol. The molecule has 0 saturated carbocycles. The van der Waals surface area contributed by atoms with Crippen LogP contribution in [0.2, 0.25) is 0 Å².